The van der Waals surface area contributed by atoms with Crippen molar-refractivity contribution in [2.45, 2.75) is 26.3 Å². The largest absolute Gasteiger partial charge is 0.507 e. The van der Waals surface area contributed by atoms with E-state index in [-0.39, 0.29) is 36.2 Å². The summed E-state index contributed by atoms with van der Waals surface area (Å²) in [5.74, 6) is -0.615. The molecule has 1 aromatic carbocycles. The van der Waals surface area contributed by atoms with E-state index in [9.17, 15) is 14.7 Å². The number of halogens is 1. The summed E-state index contributed by atoms with van der Waals surface area (Å²) in [4.78, 5) is 23.1. The Hall–Kier alpha value is -1.56. The van der Waals surface area contributed by atoms with Crippen molar-refractivity contribution in [2.75, 3.05) is 6.54 Å². The number of rotatable bonds is 5. The predicted molar refractivity (Wildman–Crippen MR) is 76.0 cm³/mol. The van der Waals surface area contributed by atoms with E-state index in [1.165, 1.54) is 12.1 Å². The number of phenols is 1. The van der Waals surface area contributed by atoms with Crippen LogP contribution in [-0.2, 0) is 4.79 Å². The summed E-state index contributed by atoms with van der Waals surface area (Å²) in [6.07, 6.45) is 0.210. The van der Waals surface area contributed by atoms with E-state index in [2.05, 4.69) is 26.6 Å². The molecule has 0 spiro atoms. The van der Waals surface area contributed by atoms with Gasteiger partial charge in [-0.15, -0.1) is 0 Å². The van der Waals surface area contributed by atoms with E-state index in [0.717, 1.165) is 0 Å². The second kappa shape index (κ2) is 7.13. The number of benzene rings is 1. The van der Waals surface area contributed by atoms with Crippen molar-refractivity contribution < 1.29 is 14.7 Å². The molecule has 0 radical (unpaired) electrons. The zero-order valence-corrected chi connectivity index (χ0v) is 12.5. The van der Waals surface area contributed by atoms with Crippen LogP contribution in [0.3, 0.4) is 0 Å². The minimum atomic E-state index is -0.401. The fourth-order valence-corrected chi connectivity index (χ4v) is 1.82. The molecule has 0 heterocycles. The van der Waals surface area contributed by atoms with Crippen LogP contribution in [-0.4, -0.2) is 29.5 Å². The lowest BCUT2D eigenvalue weighted by atomic mass is 10.2. The molecule has 3 N–H and O–H groups in total. The second-order valence-corrected chi connectivity index (χ2v) is 5.31. The highest BCUT2D eigenvalue weighted by Gasteiger charge is 2.11. The summed E-state index contributed by atoms with van der Waals surface area (Å²) >= 11 is 3.20. The first-order valence-corrected chi connectivity index (χ1v) is 6.75. The van der Waals surface area contributed by atoms with Gasteiger partial charge in [-0.05, 0) is 32.0 Å². The number of carbonyl (C=O) groups is 2. The van der Waals surface area contributed by atoms with E-state index in [4.69, 9.17) is 0 Å². The molecule has 1 rings (SSSR count). The van der Waals surface area contributed by atoms with Gasteiger partial charge < -0.3 is 15.7 Å². The molecule has 2 amide bonds. The number of phenolic OH excluding ortho intramolecular Hbond substituents is 1. The van der Waals surface area contributed by atoms with Gasteiger partial charge in [0, 0.05) is 23.5 Å². The summed E-state index contributed by atoms with van der Waals surface area (Å²) in [5.41, 5.74) is 0.187. The summed E-state index contributed by atoms with van der Waals surface area (Å²) in [7, 11) is 0. The molecule has 1 aromatic rings. The zero-order valence-electron chi connectivity index (χ0n) is 10.9. The summed E-state index contributed by atoms with van der Waals surface area (Å²) < 4.78 is 0.692. The van der Waals surface area contributed by atoms with Crippen molar-refractivity contribution >= 4 is 27.7 Å². The van der Waals surface area contributed by atoms with Crippen LogP contribution < -0.4 is 10.6 Å². The van der Waals surface area contributed by atoms with Gasteiger partial charge in [-0.2, -0.15) is 0 Å². The summed E-state index contributed by atoms with van der Waals surface area (Å²) in [6, 6.07) is 4.71. The first-order chi connectivity index (χ1) is 8.90. The highest BCUT2D eigenvalue weighted by molar-refractivity contribution is 9.10. The number of aromatic hydroxyl groups is 1. The van der Waals surface area contributed by atoms with Gasteiger partial charge in [0.05, 0.1) is 5.56 Å². The second-order valence-electron chi connectivity index (χ2n) is 4.39. The Labute approximate surface area is 120 Å². The van der Waals surface area contributed by atoms with E-state index < -0.39 is 5.91 Å². The molecule has 0 saturated heterocycles. The van der Waals surface area contributed by atoms with Crippen LogP contribution in [0.15, 0.2) is 22.7 Å². The first kappa shape index (κ1) is 15.5. The van der Waals surface area contributed by atoms with Crippen LogP contribution in [0.2, 0.25) is 0 Å². The third-order valence-corrected chi connectivity index (χ3v) is 2.78. The minimum absolute atomic E-state index is 0.0821. The maximum absolute atomic E-state index is 11.8. The lowest BCUT2D eigenvalue weighted by Crippen LogP contribution is -2.34. The minimum Gasteiger partial charge on any atom is -0.507 e. The predicted octanol–water partition coefficient (Wildman–Crippen LogP) is 1.80. The third kappa shape index (κ3) is 5.30. The van der Waals surface area contributed by atoms with E-state index in [1.54, 1.807) is 6.07 Å². The summed E-state index contributed by atoms with van der Waals surface area (Å²) in [6.45, 7) is 3.97. The molecule has 0 aromatic heterocycles. The van der Waals surface area contributed by atoms with Crippen molar-refractivity contribution in [3.8, 4) is 5.75 Å². The van der Waals surface area contributed by atoms with Crippen molar-refractivity contribution in [1.29, 1.82) is 0 Å². The molecule has 0 unspecified atom stereocenters. The monoisotopic (exact) mass is 328 g/mol. The third-order valence-electron chi connectivity index (χ3n) is 2.29. The highest BCUT2D eigenvalue weighted by Crippen LogP contribution is 2.21. The number of hydrogen-bond donors (Lipinski definition) is 3. The molecule has 0 aliphatic carbocycles. The molecule has 0 bridgehead atoms. The maximum Gasteiger partial charge on any atom is 0.255 e. The molecule has 104 valence electrons. The molecule has 5 nitrogen and oxygen atoms in total. The van der Waals surface area contributed by atoms with Crippen LogP contribution in [0.4, 0.5) is 0 Å². The maximum atomic E-state index is 11.8. The number of amides is 2. The van der Waals surface area contributed by atoms with E-state index in [1.807, 2.05) is 13.8 Å². The standard InChI is InChI=1S/C13H17BrN2O3/c1-8(2)16-12(18)5-6-15-13(19)10-4-3-9(14)7-11(10)17/h3-4,7-8,17H,5-6H2,1-2H3,(H,15,19)(H,16,18). The molecule has 0 atom stereocenters. The first-order valence-electron chi connectivity index (χ1n) is 5.96. The molecular weight excluding hydrogens is 312 g/mol. The number of nitrogens with one attached hydrogen (secondary N) is 2. The van der Waals surface area contributed by atoms with Gasteiger partial charge in [0.15, 0.2) is 0 Å². The molecule has 0 aliphatic heterocycles. The Morgan fingerprint density at radius 1 is 1.37 bits per heavy atom. The van der Waals surface area contributed by atoms with E-state index >= 15 is 0 Å². The van der Waals surface area contributed by atoms with Gasteiger partial charge in [-0.25, -0.2) is 0 Å². The van der Waals surface area contributed by atoms with E-state index in [0.29, 0.717) is 4.47 Å². The number of carbonyl (C=O) groups excluding carboxylic acids is 2. The van der Waals surface area contributed by atoms with Crippen molar-refractivity contribution in [1.82, 2.24) is 10.6 Å². The molecule has 19 heavy (non-hydrogen) atoms. The average molecular weight is 329 g/mol. The SMILES string of the molecule is CC(C)NC(=O)CCNC(=O)c1ccc(Br)cc1O. The Morgan fingerprint density at radius 3 is 2.63 bits per heavy atom. The molecule has 0 aliphatic rings. The molecular formula is C13H17BrN2O3. The quantitative estimate of drug-likeness (QED) is 0.771. The van der Waals surface area contributed by atoms with Gasteiger partial charge in [-0.1, -0.05) is 15.9 Å². The lowest BCUT2D eigenvalue weighted by Gasteiger charge is -2.09. The van der Waals surface area contributed by atoms with Gasteiger partial charge in [-0.3, -0.25) is 9.59 Å². The molecule has 6 heteroatoms. The topological polar surface area (TPSA) is 78.4 Å². The summed E-state index contributed by atoms with van der Waals surface area (Å²) in [5, 5.41) is 14.9. The fraction of sp³-hybridized carbons (Fsp3) is 0.385. The van der Waals surface area contributed by atoms with Crippen LogP contribution >= 0.6 is 15.9 Å². The van der Waals surface area contributed by atoms with Crippen LogP contribution in [0.1, 0.15) is 30.6 Å². The number of hydrogen-bond acceptors (Lipinski definition) is 3. The highest BCUT2D eigenvalue weighted by atomic mass is 79.9. The lowest BCUT2D eigenvalue weighted by molar-refractivity contribution is -0.121. The Balaban J connectivity index is 2.45. The van der Waals surface area contributed by atoms with Crippen molar-refractivity contribution in [3.63, 3.8) is 0 Å². The Morgan fingerprint density at radius 2 is 2.05 bits per heavy atom. The average Bonchev–Trinajstić information content (AvgIpc) is 2.27. The van der Waals surface area contributed by atoms with Crippen LogP contribution in [0.25, 0.3) is 0 Å². The Bertz CT molecular complexity index is 475. The molecule has 0 saturated carbocycles. The van der Waals surface area contributed by atoms with Gasteiger partial charge >= 0.3 is 0 Å². The zero-order chi connectivity index (χ0) is 14.4. The molecule has 0 fully saturated rings. The van der Waals surface area contributed by atoms with Crippen LogP contribution in [0.5, 0.6) is 5.75 Å². The van der Waals surface area contributed by atoms with Crippen molar-refractivity contribution in [3.05, 3.63) is 28.2 Å². The normalized spacial score (nSPS) is 10.3. The van der Waals surface area contributed by atoms with Crippen LogP contribution in [0, 0.1) is 0 Å². The smallest absolute Gasteiger partial charge is 0.255 e. The van der Waals surface area contributed by atoms with Gasteiger partial charge in [0.25, 0.3) is 5.91 Å². The fourth-order valence-electron chi connectivity index (χ4n) is 1.48. The van der Waals surface area contributed by atoms with Gasteiger partial charge in [0.2, 0.25) is 5.91 Å². The van der Waals surface area contributed by atoms with Crippen molar-refractivity contribution in [2.24, 2.45) is 0 Å². The van der Waals surface area contributed by atoms with Gasteiger partial charge in [0.1, 0.15) is 5.75 Å². The Kier molecular flexibility index (Phi) is 5.82.